The van der Waals surface area contributed by atoms with Crippen LogP contribution in [0, 0.1) is 0 Å². The summed E-state index contributed by atoms with van der Waals surface area (Å²) < 4.78 is 11.9. The largest absolute Gasteiger partial charge is 0.457 e. The molecular formula is C31H29BrN2O5. The topological polar surface area (TPSA) is 93.7 Å². The molecule has 7 nitrogen and oxygen atoms in total. The Bertz CT molecular complexity index is 1470. The monoisotopic (exact) mass is 588 g/mol. The van der Waals surface area contributed by atoms with Gasteiger partial charge >= 0.3 is 5.97 Å². The molecule has 2 amide bonds. The van der Waals surface area contributed by atoms with Gasteiger partial charge in [0.05, 0.1) is 0 Å². The maximum atomic E-state index is 12.3. The van der Waals surface area contributed by atoms with Crippen molar-refractivity contribution in [3.63, 3.8) is 0 Å². The number of rotatable bonds is 11. The molecule has 39 heavy (non-hydrogen) atoms. The lowest BCUT2D eigenvalue weighted by Gasteiger charge is -2.11. The third-order valence-corrected chi connectivity index (χ3v) is 6.46. The molecule has 0 aromatic heterocycles. The van der Waals surface area contributed by atoms with Crippen molar-refractivity contribution in [2.45, 2.75) is 32.6 Å². The number of benzene rings is 4. The highest BCUT2D eigenvalue weighted by molar-refractivity contribution is 9.10. The van der Waals surface area contributed by atoms with Gasteiger partial charge in [0, 0.05) is 28.7 Å². The Morgan fingerprint density at radius 1 is 0.769 bits per heavy atom. The minimum atomic E-state index is -0.528. The van der Waals surface area contributed by atoms with Crippen LogP contribution >= 0.6 is 15.9 Å². The van der Waals surface area contributed by atoms with Crippen LogP contribution in [0.4, 0.5) is 11.4 Å². The highest BCUT2D eigenvalue weighted by atomic mass is 79.9. The third kappa shape index (κ3) is 8.41. The van der Waals surface area contributed by atoms with Crippen LogP contribution < -0.4 is 15.4 Å². The van der Waals surface area contributed by atoms with Crippen molar-refractivity contribution in [1.82, 2.24) is 0 Å². The van der Waals surface area contributed by atoms with Crippen LogP contribution in [0.15, 0.2) is 89.4 Å². The number of ether oxygens (including phenoxy) is 2. The van der Waals surface area contributed by atoms with E-state index in [2.05, 4.69) is 26.6 Å². The Hall–Kier alpha value is -4.17. The predicted octanol–water partition coefficient (Wildman–Crippen LogP) is 7.25. The van der Waals surface area contributed by atoms with Crippen molar-refractivity contribution in [2.24, 2.45) is 0 Å². The second-order valence-electron chi connectivity index (χ2n) is 8.90. The van der Waals surface area contributed by atoms with Crippen molar-refractivity contribution < 1.29 is 23.9 Å². The quantitative estimate of drug-likeness (QED) is 0.180. The van der Waals surface area contributed by atoms with Crippen LogP contribution in [0.25, 0.3) is 10.8 Å². The standard InChI is InChI=1S/C31H29BrN2O5/c1-2-21-18-24(32)11-17-28(21)34-30(36)20-38-31(37)9-5-8-29(35)33-25-12-15-26(16-13-25)39-27-14-10-22-6-3-4-7-23(22)19-27/h3-4,6-7,10-19H,2,5,8-9,20H2,1H3,(H,33,35)(H,34,36). The van der Waals surface area contributed by atoms with E-state index in [4.69, 9.17) is 9.47 Å². The number of esters is 1. The van der Waals surface area contributed by atoms with E-state index in [-0.39, 0.29) is 25.4 Å². The van der Waals surface area contributed by atoms with E-state index in [0.717, 1.165) is 33.0 Å². The lowest BCUT2D eigenvalue weighted by Crippen LogP contribution is -2.21. The molecule has 4 aromatic rings. The number of hydrogen-bond acceptors (Lipinski definition) is 5. The van der Waals surface area contributed by atoms with Gasteiger partial charge in [-0.1, -0.05) is 53.2 Å². The average molecular weight is 589 g/mol. The van der Waals surface area contributed by atoms with E-state index in [1.165, 1.54) is 0 Å². The van der Waals surface area contributed by atoms with E-state index >= 15 is 0 Å². The normalized spacial score (nSPS) is 10.6. The van der Waals surface area contributed by atoms with Gasteiger partial charge in [-0.15, -0.1) is 0 Å². The van der Waals surface area contributed by atoms with Crippen molar-refractivity contribution in [1.29, 1.82) is 0 Å². The van der Waals surface area contributed by atoms with Crippen LogP contribution in [-0.4, -0.2) is 24.4 Å². The van der Waals surface area contributed by atoms with Gasteiger partial charge in [0.25, 0.3) is 5.91 Å². The zero-order valence-electron chi connectivity index (χ0n) is 21.5. The predicted molar refractivity (Wildman–Crippen MR) is 156 cm³/mol. The Kier molecular flexibility index (Phi) is 9.69. The van der Waals surface area contributed by atoms with Crippen molar-refractivity contribution in [3.05, 3.63) is 95.0 Å². The smallest absolute Gasteiger partial charge is 0.306 e. The van der Waals surface area contributed by atoms with Gasteiger partial charge < -0.3 is 20.1 Å². The van der Waals surface area contributed by atoms with Crippen molar-refractivity contribution in [3.8, 4) is 11.5 Å². The summed E-state index contributed by atoms with van der Waals surface area (Å²) in [6.45, 7) is 1.61. The molecule has 0 atom stereocenters. The number of hydrogen-bond donors (Lipinski definition) is 2. The first kappa shape index (κ1) is 27.9. The molecule has 4 aromatic carbocycles. The minimum Gasteiger partial charge on any atom is -0.457 e. The van der Waals surface area contributed by atoms with Gasteiger partial charge in [-0.3, -0.25) is 14.4 Å². The van der Waals surface area contributed by atoms with Crippen LogP contribution in [0.2, 0.25) is 0 Å². The molecular weight excluding hydrogens is 560 g/mol. The molecule has 200 valence electrons. The maximum absolute atomic E-state index is 12.3. The second-order valence-corrected chi connectivity index (χ2v) is 9.82. The van der Waals surface area contributed by atoms with E-state index in [1.54, 1.807) is 30.3 Å². The van der Waals surface area contributed by atoms with E-state index in [1.807, 2.05) is 61.5 Å². The Balaban J connectivity index is 1.15. The summed E-state index contributed by atoms with van der Waals surface area (Å²) in [5.74, 6) is 0.229. The number of aryl methyl sites for hydroxylation is 1. The number of amides is 2. The zero-order valence-corrected chi connectivity index (χ0v) is 23.1. The SMILES string of the molecule is CCc1cc(Br)ccc1NC(=O)COC(=O)CCCC(=O)Nc1ccc(Oc2ccc3ccccc3c2)cc1. The fraction of sp³-hybridized carbons (Fsp3) is 0.194. The van der Waals surface area contributed by atoms with Gasteiger partial charge in [-0.2, -0.15) is 0 Å². The zero-order chi connectivity index (χ0) is 27.6. The highest BCUT2D eigenvalue weighted by Crippen LogP contribution is 2.27. The number of fused-ring (bicyclic) bond motifs is 1. The molecule has 2 N–H and O–H groups in total. The molecule has 8 heteroatoms. The summed E-state index contributed by atoms with van der Waals surface area (Å²) in [6, 6.07) is 26.6. The Morgan fingerprint density at radius 3 is 2.28 bits per heavy atom. The lowest BCUT2D eigenvalue weighted by atomic mass is 10.1. The van der Waals surface area contributed by atoms with Crippen molar-refractivity contribution >= 4 is 55.9 Å². The van der Waals surface area contributed by atoms with Crippen LogP contribution in [0.1, 0.15) is 31.7 Å². The fourth-order valence-electron chi connectivity index (χ4n) is 3.97. The van der Waals surface area contributed by atoms with Gasteiger partial charge in [0.15, 0.2) is 6.61 Å². The summed E-state index contributed by atoms with van der Waals surface area (Å²) in [4.78, 5) is 36.5. The molecule has 0 aliphatic rings. The number of carbonyl (C=O) groups is 3. The summed E-state index contributed by atoms with van der Waals surface area (Å²) >= 11 is 3.41. The van der Waals surface area contributed by atoms with E-state index in [0.29, 0.717) is 23.5 Å². The van der Waals surface area contributed by atoms with E-state index < -0.39 is 11.9 Å². The molecule has 0 saturated carbocycles. The molecule has 0 aliphatic carbocycles. The third-order valence-electron chi connectivity index (χ3n) is 5.97. The van der Waals surface area contributed by atoms with Gasteiger partial charge in [0.2, 0.25) is 5.91 Å². The summed E-state index contributed by atoms with van der Waals surface area (Å²) in [6.07, 6.45) is 1.25. The average Bonchev–Trinajstić information content (AvgIpc) is 2.94. The van der Waals surface area contributed by atoms with Crippen LogP contribution in [0.5, 0.6) is 11.5 Å². The number of anilines is 2. The molecule has 0 heterocycles. The first-order chi connectivity index (χ1) is 18.9. The number of halogens is 1. The van der Waals surface area contributed by atoms with Gasteiger partial charge in [0.1, 0.15) is 11.5 Å². The molecule has 0 unspecified atom stereocenters. The number of nitrogens with one attached hydrogen (secondary N) is 2. The number of carbonyl (C=O) groups excluding carboxylic acids is 3. The minimum absolute atomic E-state index is 0.0394. The molecule has 0 aliphatic heterocycles. The molecule has 0 fully saturated rings. The fourth-order valence-corrected chi connectivity index (χ4v) is 4.38. The van der Waals surface area contributed by atoms with E-state index in [9.17, 15) is 14.4 Å². The van der Waals surface area contributed by atoms with Gasteiger partial charge in [-0.05, 0) is 83.8 Å². The first-order valence-corrected chi connectivity index (χ1v) is 13.5. The summed E-state index contributed by atoms with van der Waals surface area (Å²) in [5, 5.41) is 7.81. The molecule has 4 rings (SSSR count). The molecule has 0 radical (unpaired) electrons. The second kappa shape index (κ2) is 13.6. The van der Waals surface area contributed by atoms with Crippen molar-refractivity contribution in [2.75, 3.05) is 17.2 Å². The van der Waals surface area contributed by atoms with Crippen LogP contribution in [-0.2, 0) is 25.5 Å². The lowest BCUT2D eigenvalue weighted by molar-refractivity contribution is -0.147. The maximum Gasteiger partial charge on any atom is 0.306 e. The van der Waals surface area contributed by atoms with Gasteiger partial charge in [-0.25, -0.2) is 0 Å². The Morgan fingerprint density at radius 2 is 1.51 bits per heavy atom. The summed E-state index contributed by atoms with van der Waals surface area (Å²) in [7, 11) is 0. The highest BCUT2D eigenvalue weighted by Gasteiger charge is 2.11. The molecule has 0 saturated heterocycles. The summed E-state index contributed by atoms with van der Waals surface area (Å²) in [5.41, 5.74) is 2.29. The Labute approximate surface area is 235 Å². The molecule has 0 spiro atoms. The van der Waals surface area contributed by atoms with Crippen LogP contribution in [0.3, 0.4) is 0 Å². The first-order valence-electron chi connectivity index (χ1n) is 12.7. The molecule has 0 bridgehead atoms.